The molecule has 1 saturated heterocycles. The lowest BCUT2D eigenvalue weighted by Gasteiger charge is -1.98. The highest BCUT2D eigenvalue weighted by Crippen LogP contribution is 2.18. The Kier molecular flexibility index (Phi) is 5.42. The van der Waals surface area contributed by atoms with Gasteiger partial charge in [0.25, 0.3) is 0 Å². The maximum Gasteiger partial charge on any atom is 0.0810 e. The number of hydrogen-bond acceptors (Lipinski definition) is 1. The molecule has 0 aromatic carbocycles. The zero-order valence-electron chi connectivity index (χ0n) is 8.35. The van der Waals surface area contributed by atoms with Gasteiger partial charge in [0.05, 0.1) is 12.7 Å². The van der Waals surface area contributed by atoms with Crippen molar-refractivity contribution in [1.82, 2.24) is 0 Å². The molecule has 1 nitrogen and oxygen atoms in total. The quantitative estimate of drug-likeness (QED) is 0.401. The highest BCUT2D eigenvalue weighted by molar-refractivity contribution is 4.68. The molecule has 1 unspecified atom stereocenters. The fraction of sp³-hybridized carbons (Fsp3) is 1.00. The smallest absolute Gasteiger partial charge is 0.0810 e. The first-order valence-corrected chi connectivity index (χ1v) is 5.55. The Balaban J connectivity index is 1.65. The second kappa shape index (κ2) is 6.47. The Hall–Kier alpha value is -0.0400. The number of unbranched alkanes of at least 4 members (excludes halogenated alkanes) is 6. The van der Waals surface area contributed by atoms with Gasteiger partial charge in [-0.1, -0.05) is 51.9 Å². The molecule has 1 rings (SSSR count). The zero-order valence-corrected chi connectivity index (χ0v) is 8.35. The third-order valence-corrected chi connectivity index (χ3v) is 2.53. The summed E-state index contributed by atoms with van der Waals surface area (Å²) in [6.07, 6.45) is 11.9. The van der Waals surface area contributed by atoms with Gasteiger partial charge < -0.3 is 4.74 Å². The molecule has 0 radical (unpaired) electrons. The van der Waals surface area contributed by atoms with E-state index in [2.05, 4.69) is 6.92 Å². The van der Waals surface area contributed by atoms with Crippen molar-refractivity contribution in [3.05, 3.63) is 0 Å². The van der Waals surface area contributed by atoms with Crippen molar-refractivity contribution in [3.8, 4) is 0 Å². The third kappa shape index (κ3) is 5.59. The van der Waals surface area contributed by atoms with Crippen LogP contribution in [0.2, 0.25) is 0 Å². The van der Waals surface area contributed by atoms with Crippen LogP contribution >= 0.6 is 0 Å². The lowest BCUT2D eigenvalue weighted by atomic mass is 10.1. The molecule has 0 spiro atoms. The summed E-state index contributed by atoms with van der Waals surface area (Å²) < 4.78 is 5.15. The maximum atomic E-state index is 5.15. The Labute approximate surface area is 76.5 Å². The minimum Gasteiger partial charge on any atom is -0.373 e. The van der Waals surface area contributed by atoms with Crippen molar-refractivity contribution in [1.29, 1.82) is 0 Å². The lowest BCUT2D eigenvalue weighted by molar-refractivity contribution is 0.387. The van der Waals surface area contributed by atoms with Crippen molar-refractivity contribution < 1.29 is 4.74 Å². The summed E-state index contributed by atoms with van der Waals surface area (Å²) in [6, 6.07) is 0. The van der Waals surface area contributed by atoms with E-state index in [0.29, 0.717) is 6.10 Å². The van der Waals surface area contributed by atoms with Crippen LogP contribution in [0.1, 0.15) is 58.3 Å². The molecule has 1 aliphatic heterocycles. The Morgan fingerprint density at radius 1 is 1.00 bits per heavy atom. The van der Waals surface area contributed by atoms with E-state index in [1.165, 1.54) is 51.4 Å². The van der Waals surface area contributed by atoms with Crippen LogP contribution in [0.15, 0.2) is 0 Å². The monoisotopic (exact) mass is 170 g/mol. The van der Waals surface area contributed by atoms with Gasteiger partial charge in [-0.3, -0.25) is 0 Å². The SMILES string of the molecule is CCCCCCCCCC1CO1. The fourth-order valence-corrected chi connectivity index (χ4v) is 1.56. The van der Waals surface area contributed by atoms with Crippen LogP contribution in [0.4, 0.5) is 0 Å². The van der Waals surface area contributed by atoms with Gasteiger partial charge in [0.1, 0.15) is 0 Å². The molecule has 1 heterocycles. The van der Waals surface area contributed by atoms with Gasteiger partial charge in [0.2, 0.25) is 0 Å². The molecule has 72 valence electrons. The van der Waals surface area contributed by atoms with Crippen LogP contribution in [-0.2, 0) is 4.74 Å². The molecular formula is C11H22O. The topological polar surface area (TPSA) is 12.5 Å². The molecule has 0 aromatic heterocycles. The van der Waals surface area contributed by atoms with E-state index in [4.69, 9.17) is 4.74 Å². The molecule has 0 amide bonds. The van der Waals surface area contributed by atoms with Gasteiger partial charge in [0, 0.05) is 0 Å². The second-order valence-corrected chi connectivity index (χ2v) is 3.87. The summed E-state index contributed by atoms with van der Waals surface area (Å²) in [6.45, 7) is 3.31. The van der Waals surface area contributed by atoms with Crippen molar-refractivity contribution in [2.75, 3.05) is 6.61 Å². The van der Waals surface area contributed by atoms with Gasteiger partial charge in [-0.2, -0.15) is 0 Å². The van der Waals surface area contributed by atoms with Crippen LogP contribution in [0, 0.1) is 0 Å². The van der Waals surface area contributed by atoms with E-state index in [9.17, 15) is 0 Å². The summed E-state index contributed by atoms with van der Waals surface area (Å²) >= 11 is 0. The van der Waals surface area contributed by atoms with Crippen LogP contribution < -0.4 is 0 Å². The third-order valence-electron chi connectivity index (χ3n) is 2.53. The van der Waals surface area contributed by atoms with Gasteiger partial charge in [0.15, 0.2) is 0 Å². The Morgan fingerprint density at radius 3 is 2.17 bits per heavy atom. The molecule has 0 saturated carbocycles. The first-order chi connectivity index (χ1) is 5.93. The Bertz CT molecular complexity index is 97.2. The average molecular weight is 170 g/mol. The van der Waals surface area contributed by atoms with Gasteiger partial charge in [-0.15, -0.1) is 0 Å². The van der Waals surface area contributed by atoms with Crippen LogP contribution in [0.5, 0.6) is 0 Å². The number of hydrogen-bond donors (Lipinski definition) is 0. The van der Waals surface area contributed by atoms with E-state index >= 15 is 0 Å². The molecule has 1 heteroatoms. The molecule has 0 aromatic rings. The highest BCUT2D eigenvalue weighted by Gasteiger charge is 2.20. The summed E-state index contributed by atoms with van der Waals surface area (Å²) in [5.41, 5.74) is 0. The first kappa shape index (κ1) is 10.0. The fourth-order valence-electron chi connectivity index (χ4n) is 1.56. The predicted molar refractivity (Wildman–Crippen MR) is 52.4 cm³/mol. The molecule has 1 aliphatic rings. The van der Waals surface area contributed by atoms with Crippen LogP contribution in [0.25, 0.3) is 0 Å². The molecular weight excluding hydrogens is 148 g/mol. The summed E-state index contributed by atoms with van der Waals surface area (Å²) in [4.78, 5) is 0. The van der Waals surface area contributed by atoms with Crippen molar-refractivity contribution in [2.45, 2.75) is 64.4 Å². The molecule has 0 bridgehead atoms. The molecule has 1 fully saturated rings. The van der Waals surface area contributed by atoms with Crippen molar-refractivity contribution in [2.24, 2.45) is 0 Å². The van der Waals surface area contributed by atoms with E-state index in [0.717, 1.165) is 6.61 Å². The number of epoxide rings is 1. The minimum absolute atomic E-state index is 0.653. The average Bonchev–Trinajstić information content (AvgIpc) is 2.87. The highest BCUT2D eigenvalue weighted by atomic mass is 16.6. The largest absolute Gasteiger partial charge is 0.373 e. The number of rotatable bonds is 8. The summed E-state index contributed by atoms with van der Waals surface area (Å²) in [7, 11) is 0. The van der Waals surface area contributed by atoms with E-state index in [1.54, 1.807) is 0 Å². The summed E-state index contributed by atoms with van der Waals surface area (Å²) in [5.74, 6) is 0. The first-order valence-electron chi connectivity index (χ1n) is 5.55. The normalized spacial score (nSPS) is 21.2. The Morgan fingerprint density at radius 2 is 1.58 bits per heavy atom. The van der Waals surface area contributed by atoms with Crippen molar-refractivity contribution in [3.63, 3.8) is 0 Å². The summed E-state index contributed by atoms with van der Waals surface area (Å²) in [5, 5.41) is 0. The van der Waals surface area contributed by atoms with Gasteiger partial charge in [-0.05, 0) is 6.42 Å². The van der Waals surface area contributed by atoms with Crippen molar-refractivity contribution >= 4 is 0 Å². The predicted octanol–water partition coefficient (Wildman–Crippen LogP) is 3.53. The van der Waals surface area contributed by atoms with Gasteiger partial charge >= 0.3 is 0 Å². The van der Waals surface area contributed by atoms with Crippen LogP contribution in [-0.4, -0.2) is 12.7 Å². The molecule has 12 heavy (non-hydrogen) atoms. The minimum atomic E-state index is 0.653. The number of ether oxygens (including phenoxy) is 1. The molecule has 0 aliphatic carbocycles. The zero-order chi connectivity index (χ0) is 8.65. The van der Waals surface area contributed by atoms with Gasteiger partial charge in [-0.25, -0.2) is 0 Å². The van der Waals surface area contributed by atoms with E-state index in [-0.39, 0.29) is 0 Å². The lowest BCUT2D eigenvalue weighted by Crippen LogP contribution is -1.85. The van der Waals surface area contributed by atoms with E-state index < -0.39 is 0 Å². The molecule has 0 N–H and O–H groups in total. The standard InChI is InChI=1S/C11H22O/c1-2-3-4-5-6-7-8-9-11-10-12-11/h11H,2-10H2,1H3. The second-order valence-electron chi connectivity index (χ2n) is 3.87. The van der Waals surface area contributed by atoms with Crippen LogP contribution in [0.3, 0.4) is 0 Å². The van der Waals surface area contributed by atoms with E-state index in [1.807, 2.05) is 0 Å². The molecule has 1 atom stereocenters. The maximum absolute atomic E-state index is 5.15.